The van der Waals surface area contributed by atoms with E-state index >= 15 is 0 Å². The number of aromatic nitrogens is 1. The van der Waals surface area contributed by atoms with Gasteiger partial charge in [0.1, 0.15) is 6.10 Å². The number of para-hydroxylation sites is 1. The molecule has 2 heterocycles. The Kier molecular flexibility index (Phi) is 12.9. The standard InChI is InChI=1S/C24H32N4O4.2C2H6/c1-16(22(31)14-30)11-21-23-19(13-27(21)28(32)9-10-29)18(12-25-15-24(2,3)4)17-7-5-6-8-20(17)26-23;2*1-2/h5-8,11,14,22,25,29,31-32H,1,9-10,12-13,15H2,2-4H3;2*1-2H3/b21-11-;;/t22-;;/m1../s1. The molecule has 0 spiro atoms. The Balaban J connectivity index is 0.00000154. The number of hydroxylamine groups is 1. The summed E-state index contributed by atoms with van der Waals surface area (Å²) in [5.41, 5.74) is 4.27. The summed E-state index contributed by atoms with van der Waals surface area (Å²) in [5, 5.41) is 36.8. The lowest BCUT2D eigenvalue weighted by molar-refractivity contribution is -0.223. The average molecular weight is 501 g/mol. The monoisotopic (exact) mass is 500 g/mol. The van der Waals surface area contributed by atoms with Gasteiger partial charge >= 0.3 is 0 Å². The summed E-state index contributed by atoms with van der Waals surface area (Å²) in [5.74, 6) is 0. The molecule has 1 aromatic carbocycles. The zero-order valence-corrected chi connectivity index (χ0v) is 22.9. The number of carbonyl (C=O) groups is 1. The van der Waals surface area contributed by atoms with Crippen molar-refractivity contribution in [1.82, 2.24) is 20.5 Å². The first kappa shape index (κ1) is 31.4. The van der Waals surface area contributed by atoms with Crippen LogP contribution in [0.2, 0.25) is 0 Å². The van der Waals surface area contributed by atoms with E-state index in [0.717, 1.165) is 33.7 Å². The van der Waals surface area contributed by atoms with Crippen molar-refractivity contribution >= 4 is 22.9 Å². The maximum absolute atomic E-state index is 11.0. The molecule has 4 N–H and O–H groups in total. The van der Waals surface area contributed by atoms with E-state index in [2.05, 4.69) is 32.7 Å². The molecule has 2 aromatic rings. The van der Waals surface area contributed by atoms with Gasteiger partial charge in [0.15, 0.2) is 6.29 Å². The van der Waals surface area contributed by atoms with Gasteiger partial charge in [-0.25, -0.2) is 4.98 Å². The van der Waals surface area contributed by atoms with Gasteiger partial charge in [-0.05, 0) is 28.7 Å². The first-order valence-corrected chi connectivity index (χ1v) is 12.7. The van der Waals surface area contributed by atoms with E-state index in [0.29, 0.717) is 30.8 Å². The van der Waals surface area contributed by atoms with Crippen molar-refractivity contribution < 1.29 is 20.2 Å². The first-order chi connectivity index (χ1) is 17.2. The smallest absolute Gasteiger partial charge is 0.153 e. The molecule has 1 atom stereocenters. The Labute approximate surface area is 215 Å². The van der Waals surface area contributed by atoms with Crippen LogP contribution in [0.25, 0.3) is 16.6 Å². The number of hydrazine groups is 1. The van der Waals surface area contributed by atoms with Crippen molar-refractivity contribution in [1.29, 1.82) is 0 Å². The van der Waals surface area contributed by atoms with Gasteiger partial charge in [-0.1, -0.05) is 78.4 Å². The highest BCUT2D eigenvalue weighted by atomic mass is 16.6. The lowest BCUT2D eigenvalue weighted by Crippen LogP contribution is -2.37. The Morgan fingerprint density at radius 3 is 2.47 bits per heavy atom. The zero-order chi connectivity index (χ0) is 27.5. The molecule has 36 heavy (non-hydrogen) atoms. The summed E-state index contributed by atoms with van der Waals surface area (Å²) in [4.78, 5) is 15.9. The largest absolute Gasteiger partial charge is 0.395 e. The van der Waals surface area contributed by atoms with Gasteiger partial charge in [0.25, 0.3) is 0 Å². The molecule has 200 valence electrons. The fourth-order valence-electron chi connectivity index (χ4n) is 3.73. The van der Waals surface area contributed by atoms with E-state index in [4.69, 9.17) is 4.98 Å². The fraction of sp³-hybridized carbons (Fsp3) is 0.500. The zero-order valence-electron chi connectivity index (χ0n) is 22.9. The molecule has 0 fully saturated rings. The SMILES string of the molecule is C=C(/C=C1/c2nc3ccccc3c(CNCC(C)(C)C)c2CN1N(O)CCO)[C@H](O)C=O.CC.CC. The average Bonchev–Trinajstić information content (AvgIpc) is 3.23. The molecule has 8 heteroatoms. The van der Waals surface area contributed by atoms with E-state index in [9.17, 15) is 20.2 Å². The van der Waals surface area contributed by atoms with Crippen molar-refractivity contribution in [2.24, 2.45) is 5.41 Å². The van der Waals surface area contributed by atoms with Crippen LogP contribution in [0.4, 0.5) is 0 Å². The number of nitrogens with zero attached hydrogens (tertiary/aromatic N) is 3. The molecule has 0 radical (unpaired) electrons. The normalized spacial score (nSPS) is 14.6. The van der Waals surface area contributed by atoms with E-state index in [1.807, 2.05) is 52.0 Å². The first-order valence-electron chi connectivity index (χ1n) is 12.7. The minimum absolute atomic E-state index is 0.00876. The molecule has 0 unspecified atom stereocenters. The number of fused-ring (bicyclic) bond motifs is 2. The van der Waals surface area contributed by atoms with Crippen LogP contribution in [0.5, 0.6) is 0 Å². The minimum atomic E-state index is -1.35. The molecule has 3 rings (SSSR count). The molecule has 1 aromatic heterocycles. The van der Waals surface area contributed by atoms with Gasteiger partial charge in [-0.3, -0.25) is 10.2 Å². The van der Waals surface area contributed by atoms with E-state index < -0.39 is 6.10 Å². The molecule has 0 saturated carbocycles. The second-order valence-electron chi connectivity index (χ2n) is 9.16. The molecule has 8 nitrogen and oxygen atoms in total. The van der Waals surface area contributed by atoms with Gasteiger partial charge < -0.3 is 20.3 Å². The summed E-state index contributed by atoms with van der Waals surface area (Å²) < 4.78 is 0. The second-order valence-corrected chi connectivity index (χ2v) is 9.16. The van der Waals surface area contributed by atoms with Gasteiger partial charge in [-0.15, -0.1) is 0 Å². The number of benzene rings is 1. The quantitative estimate of drug-likeness (QED) is 0.298. The van der Waals surface area contributed by atoms with Crippen molar-refractivity contribution in [3.63, 3.8) is 0 Å². The third-order valence-electron chi connectivity index (χ3n) is 5.31. The van der Waals surface area contributed by atoms with Gasteiger partial charge in [0.2, 0.25) is 0 Å². The summed E-state index contributed by atoms with van der Waals surface area (Å²) in [6.07, 6.45) is 0.603. The Morgan fingerprint density at radius 1 is 1.25 bits per heavy atom. The minimum Gasteiger partial charge on any atom is -0.395 e. The summed E-state index contributed by atoms with van der Waals surface area (Å²) in [7, 11) is 0. The Bertz CT molecular complexity index is 1030. The van der Waals surface area contributed by atoms with Crippen LogP contribution in [-0.2, 0) is 17.9 Å². The lowest BCUT2D eigenvalue weighted by atomic mass is 9.96. The molecule has 1 aliphatic rings. The van der Waals surface area contributed by atoms with Crippen molar-refractivity contribution in [3.8, 4) is 0 Å². The summed E-state index contributed by atoms with van der Waals surface area (Å²) in [6.45, 7) is 19.8. The van der Waals surface area contributed by atoms with Crippen LogP contribution < -0.4 is 5.32 Å². The number of hydrogen-bond acceptors (Lipinski definition) is 8. The molecule has 0 saturated heterocycles. The number of pyridine rings is 1. The number of aliphatic hydroxyl groups is 2. The van der Waals surface area contributed by atoms with Gasteiger partial charge in [0, 0.05) is 24.0 Å². The highest BCUT2D eigenvalue weighted by Gasteiger charge is 2.32. The molecular weight excluding hydrogens is 456 g/mol. The highest BCUT2D eigenvalue weighted by Crippen LogP contribution is 2.38. The Hall–Kier alpha value is -2.62. The lowest BCUT2D eigenvalue weighted by Gasteiger charge is -2.28. The molecule has 0 aliphatic carbocycles. The highest BCUT2D eigenvalue weighted by molar-refractivity contribution is 5.88. The molecule has 0 bridgehead atoms. The predicted molar refractivity (Wildman–Crippen MR) is 146 cm³/mol. The number of aldehydes is 1. The topological polar surface area (TPSA) is 109 Å². The van der Waals surface area contributed by atoms with E-state index in [-0.39, 0.29) is 24.1 Å². The maximum atomic E-state index is 11.0. The number of carbonyl (C=O) groups excluding carboxylic acids is 1. The third-order valence-corrected chi connectivity index (χ3v) is 5.31. The second kappa shape index (κ2) is 14.8. The molecule has 0 amide bonds. The number of nitrogens with one attached hydrogen (secondary N) is 1. The van der Waals surface area contributed by atoms with Crippen LogP contribution in [0.15, 0.2) is 42.5 Å². The summed E-state index contributed by atoms with van der Waals surface area (Å²) in [6, 6.07) is 7.86. The summed E-state index contributed by atoms with van der Waals surface area (Å²) >= 11 is 0. The fourth-order valence-corrected chi connectivity index (χ4v) is 3.73. The Morgan fingerprint density at radius 2 is 1.89 bits per heavy atom. The van der Waals surface area contributed by atoms with Crippen molar-refractivity contribution in [2.75, 3.05) is 19.7 Å². The van der Waals surface area contributed by atoms with Gasteiger partial charge in [-0.2, -0.15) is 0 Å². The number of aliphatic hydroxyl groups excluding tert-OH is 2. The van der Waals surface area contributed by atoms with Crippen LogP contribution >= 0.6 is 0 Å². The van der Waals surface area contributed by atoms with E-state index in [1.165, 1.54) is 0 Å². The van der Waals surface area contributed by atoms with Crippen LogP contribution in [-0.4, -0.2) is 62.7 Å². The molecule has 1 aliphatic heterocycles. The van der Waals surface area contributed by atoms with Crippen molar-refractivity contribution in [3.05, 3.63) is 59.3 Å². The number of rotatable bonds is 9. The van der Waals surface area contributed by atoms with Crippen LogP contribution in [0, 0.1) is 5.41 Å². The maximum Gasteiger partial charge on any atom is 0.153 e. The van der Waals surface area contributed by atoms with E-state index in [1.54, 1.807) is 11.1 Å². The van der Waals surface area contributed by atoms with Crippen molar-refractivity contribution in [2.45, 2.75) is 67.7 Å². The predicted octanol–water partition coefficient (Wildman–Crippen LogP) is 4.29. The number of hydrogen-bond donors (Lipinski definition) is 4. The third kappa shape index (κ3) is 7.94. The van der Waals surface area contributed by atoms with Crippen LogP contribution in [0.1, 0.15) is 65.3 Å². The van der Waals surface area contributed by atoms with Crippen LogP contribution in [0.3, 0.4) is 0 Å². The molecular formula is C28H44N4O4. The van der Waals surface area contributed by atoms with Gasteiger partial charge in [0.05, 0.1) is 36.6 Å².